The van der Waals surface area contributed by atoms with Crippen LogP contribution in [0.3, 0.4) is 0 Å². The number of rotatable bonds is 3. The first-order valence-electron chi connectivity index (χ1n) is 4.30. The summed E-state index contributed by atoms with van der Waals surface area (Å²) in [5.41, 5.74) is 0.354. The van der Waals surface area contributed by atoms with Crippen molar-refractivity contribution in [1.29, 1.82) is 0 Å². The Morgan fingerprint density at radius 1 is 1.20 bits per heavy atom. The molecule has 0 atom stereocenters. The normalized spacial score (nSPS) is 11.6. The van der Waals surface area contributed by atoms with E-state index >= 15 is 0 Å². The molecule has 0 aliphatic carbocycles. The van der Waals surface area contributed by atoms with Crippen LogP contribution in [0, 0.1) is 0 Å². The van der Waals surface area contributed by atoms with Crippen LogP contribution in [0.15, 0.2) is 35.0 Å². The van der Waals surface area contributed by atoms with Crippen molar-refractivity contribution < 1.29 is 9.90 Å². The molecule has 0 amide bonds. The van der Waals surface area contributed by atoms with Gasteiger partial charge in [-0.1, -0.05) is 12.1 Å². The second kappa shape index (κ2) is 4.42. The van der Waals surface area contributed by atoms with E-state index in [-0.39, 0.29) is 0 Å². The molecule has 2 aromatic heterocycles. The van der Waals surface area contributed by atoms with Gasteiger partial charge in [0.25, 0.3) is 0 Å². The minimum absolute atomic E-state index is 0.354. The number of carbonyl (C=O) groups is 1. The highest BCUT2D eigenvalue weighted by atomic mass is 32.1. The van der Waals surface area contributed by atoms with Gasteiger partial charge in [-0.2, -0.15) is 0 Å². The quantitative estimate of drug-likeness (QED) is 0.829. The molecule has 1 N–H and O–H groups in total. The molecule has 0 aliphatic rings. The summed E-state index contributed by atoms with van der Waals surface area (Å²) >= 11 is 2.97. The molecule has 2 aromatic rings. The molecule has 2 rings (SSSR count). The van der Waals surface area contributed by atoms with Crippen molar-refractivity contribution in [2.24, 2.45) is 0 Å². The highest BCUT2D eigenvalue weighted by Gasteiger charge is 2.11. The number of carboxylic acids is 1. The lowest BCUT2D eigenvalue weighted by Gasteiger charge is -1.97. The third kappa shape index (κ3) is 2.34. The molecular weight excluding hydrogens is 228 g/mol. The molecule has 2 nitrogen and oxygen atoms in total. The van der Waals surface area contributed by atoms with Crippen LogP contribution in [0.25, 0.3) is 11.6 Å². The first-order valence-corrected chi connectivity index (χ1v) is 6.05. The number of hydrogen-bond acceptors (Lipinski definition) is 3. The Morgan fingerprint density at radius 2 is 1.93 bits per heavy atom. The summed E-state index contributed by atoms with van der Waals surface area (Å²) in [7, 11) is 0. The lowest BCUT2D eigenvalue weighted by atomic mass is 10.2. The van der Waals surface area contributed by atoms with Crippen molar-refractivity contribution >= 4 is 40.3 Å². The zero-order valence-electron chi connectivity index (χ0n) is 7.71. The maximum absolute atomic E-state index is 11.1. The van der Waals surface area contributed by atoms with Crippen LogP contribution >= 0.6 is 22.7 Å². The Balaban J connectivity index is 2.41. The third-order valence-electron chi connectivity index (χ3n) is 1.85. The highest BCUT2D eigenvalue weighted by Crippen LogP contribution is 2.24. The largest absolute Gasteiger partial charge is 0.478 e. The fraction of sp³-hybridized carbons (Fsp3) is 0. The molecule has 15 heavy (non-hydrogen) atoms. The first-order chi connectivity index (χ1) is 7.27. The molecule has 0 saturated heterocycles. The Morgan fingerprint density at radius 3 is 2.47 bits per heavy atom. The number of carboxylic acid groups (broad SMARTS) is 1. The Labute approximate surface area is 95.1 Å². The van der Waals surface area contributed by atoms with Gasteiger partial charge in [-0.05, 0) is 29.0 Å². The van der Waals surface area contributed by atoms with Crippen molar-refractivity contribution in [3.8, 4) is 0 Å². The zero-order valence-corrected chi connectivity index (χ0v) is 9.35. The van der Waals surface area contributed by atoms with Gasteiger partial charge in [0.1, 0.15) is 0 Å². The van der Waals surface area contributed by atoms with E-state index in [0.29, 0.717) is 5.57 Å². The van der Waals surface area contributed by atoms with Gasteiger partial charge in [0.2, 0.25) is 0 Å². The van der Waals surface area contributed by atoms with Gasteiger partial charge in [-0.25, -0.2) is 4.79 Å². The maximum atomic E-state index is 11.1. The minimum atomic E-state index is -0.883. The second-order valence-electron chi connectivity index (χ2n) is 2.86. The van der Waals surface area contributed by atoms with Gasteiger partial charge in [0, 0.05) is 9.75 Å². The maximum Gasteiger partial charge on any atom is 0.337 e. The number of aliphatic carboxylic acids is 1. The van der Waals surface area contributed by atoms with E-state index in [0.717, 1.165) is 9.75 Å². The Bertz CT molecular complexity index is 467. The molecule has 0 aliphatic heterocycles. The summed E-state index contributed by atoms with van der Waals surface area (Å²) in [5, 5.41) is 12.9. The van der Waals surface area contributed by atoms with Crippen LogP contribution < -0.4 is 0 Å². The van der Waals surface area contributed by atoms with E-state index in [2.05, 4.69) is 0 Å². The fourth-order valence-electron chi connectivity index (χ4n) is 1.19. The molecule has 76 valence electrons. The van der Waals surface area contributed by atoms with E-state index in [1.807, 2.05) is 35.0 Å². The van der Waals surface area contributed by atoms with Crippen molar-refractivity contribution in [3.05, 3.63) is 44.8 Å². The average molecular weight is 236 g/mol. The molecule has 0 saturated carbocycles. The molecule has 0 radical (unpaired) electrons. The SMILES string of the molecule is O=C(O)/C(=C\c1cccs1)c1cccs1. The Kier molecular flexibility index (Phi) is 2.99. The van der Waals surface area contributed by atoms with Crippen molar-refractivity contribution in [2.45, 2.75) is 0 Å². The lowest BCUT2D eigenvalue weighted by molar-refractivity contribution is -0.130. The molecule has 2 heterocycles. The molecule has 0 bridgehead atoms. The highest BCUT2D eigenvalue weighted by molar-refractivity contribution is 7.12. The smallest absolute Gasteiger partial charge is 0.337 e. The fourth-order valence-corrected chi connectivity index (χ4v) is 2.58. The summed E-state index contributed by atoms with van der Waals surface area (Å²) in [6, 6.07) is 7.48. The van der Waals surface area contributed by atoms with Gasteiger partial charge in [0.05, 0.1) is 5.57 Å². The van der Waals surface area contributed by atoms with E-state index in [9.17, 15) is 4.79 Å². The van der Waals surface area contributed by atoms with Crippen LogP contribution in [0.1, 0.15) is 9.75 Å². The van der Waals surface area contributed by atoms with Gasteiger partial charge >= 0.3 is 5.97 Å². The molecule has 0 unspecified atom stereocenters. The predicted octanol–water partition coefficient (Wildman–Crippen LogP) is 3.43. The Hall–Kier alpha value is -1.39. The van der Waals surface area contributed by atoms with E-state index < -0.39 is 5.97 Å². The first kappa shape index (κ1) is 10.1. The standard InChI is InChI=1S/C11H8O2S2/c12-11(13)9(10-4-2-6-15-10)7-8-3-1-5-14-8/h1-7H,(H,12,13)/b9-7-. The van der Waals surface area contributed by atoms with Crippen LogP contribution in [0.5, 0.6) is 0 Å². The van der Waals surface area contributed by atoms with Gasteiger partial charge in [0.15, 0.2) is 0 Å². The van der Waals surface area contributed by atoms with Gasteiger partial charge < -0.3 is 5.11 Å². The van der Waals surface area contributed by atoms with E-state index in [4.69, 9.17) is 5.11 Å². The van der Waals surface area contributed by atoms with Crippen molar-refractivity contribution in [2.75, 3.05) is 0 Å². The van der Waals surface area contributed by atoms with Crippen LogP contribution in [0.4, 0.5) is 0 Å². The van der Waals surface area contributed by atoms with Crippen molar-refractivity contribution in [3.63, 3.8) is 0 Å². The summed E-state index contributed by atoms with van der Waals surface area (Å²) in [6.07, 6.45) is 1.71. The van der Waals surface area contributed by atoms with E-state index in [1.54, 1.807) is 6.08 Å². The van der Waals surface area contributed by atoms with E-state index in [1.165, 1.54) is 22.7 Å². The number of hydrogen-bond donors (Lipinski definition) is 1. The monoisotopic (exact) mass is 236 g/mol. The van der Waals surface area contributed by atoms with Crippen LogP contribution in [-0.4, -0.2) is 11.1 Å². The number of thiophene rings is 2. The van der Waals surface area contributed by atoms with Gasteiger partial charge in [-0.15, -0.1) is 22.7 Å². The molecule has 4 heteroatoms. The predicted molar refractivity (Wildman–Crippen MR) is 64.1 cm³/mol. The lowest BCUT2D eigenvalue weighted by Crippen LogP contribution is -1.96. The topological polar surface area (TPSA) is 37.3 Å². The second-order valence-corrected chi connectivity index (χ2v) is 4.78. The summed E-state index contributed by atoms with van der Waals surface area (Å²) < 4.78 is 0. The average Bonchev–Trinajstić information content (AvgIpc) is 2.87. The van der Waals surface area contributed by atoms with Crippen molar-refractivity contribution in [1.82, 2.24) is 0 Å². The molecule has 0 spiro atoms. The minimum Gasteiger partial charge on any atom is -0.478 e. The summed E-state index contributed by atoms with van der Waals surface area (Å²) in [4.78, 5) is 12.8. The van der Waals surface area contributed by atoms with Crippen LogP contribution in [-0.2, 0) is 4.79 Å². The van der Waals surface area contributed by atoms with Gasteiger partial charge in [-0.3, -0.25) is 0 Å². The third-order valence-corrected chi connectivity index (χ3v) is 3.57. The summed E-state index contributed by atoms with van der Waals surface area (Å²) in [6.45, 7) is 0. The molecule has 0 fully saturated rings. The summed E-state index contributed by atoms with van der Waals surface area (Å²) in [5.74, 6) is -0.883. The van der Waals surface area contributed by atoms with Crippen LogP contribution in [0.2, 0.25) is 0 Å². The molecule has 0 aromatic carbocycles. The zero-order chi connectivity index (χ0) is 10.7. The molecular formula is C11H8O2S2.